The summed E-state index contributed by atoms with van der Waals surface area (Å²) in [4.78, 5) is 12.3. The van der Waals surface area contributed by atoms with Crippen LogP contribution in [0.4, 0.5) is 5.69 Å². The molecule has 0 unspecified atom stereocenters. The van der Waals surface area contributed by atoms with Crippen molar-refractivity contribution < 1.29 is 13.2 Å². The fourth-order valence-electron chi connectivity index (χ4n) is 2.36. The van der Waals surface area contributed by atoms with Gasteiger partial charge in [-0.15, -0.1) is 0 Å². The Balaban J connectivity index is 2.17. The van der Waals surface area contributed by atoms with Crippen LogP contribution >= 0.6 is 0 Å². The van der Waals surface area contributed by atoms with Crippen molar-refractivity contribution in [2.45, 2.75) is 38.1 Å². The van der Waals surface area contributed by atoms with Crippen molar-refractivity contribution in [3.63, 3.8) is 0 Å². The lowest BCUT2D eigenvalue weighted by Gasteiger charge is -2.20. The molecule has 2 rings (SSSR count). The van der Waals surface area contributed by atoms with Gasteiger partial charge >= 0.3 is 0 Å². The third-order valence-electron chi connectivity index (χ3n) is 3.43. The summed E-state index contributed by atoms with van der Waals surface area (Å²) in [7, 11) is -3.66. The van der Waals surface area contributed by atoms with Crippen LogP contribution in [-0.2, 0) is 14.8 Å². The molecule has 0 aromatic heterocycles. The van der Waals surface area contributed by atoms with Crippen LogP contribution in [0.1, 0.15) is 33.3 Å². The summed E-state index contributed by atoms with van der Waals surface area (Å²) in [6.07, 6.45) is 1.49. The Bertz CT molecular complexity index is 912. The second kappa shape index (κ2) is 7.85. The Morgan fingerprint density at radius 1 is 1.00 bits per heavy atom. The minimum absolute atomic E-state index is 0.106. The lowest BCUT2D eigenvalue weighted by atomic mass is 10.1. The molecule has 2 N–H and O–H groups in total. The van der Waals surface area contributed by atoms with E-state index in [-0.39, 0.29) is 10.8 Å². The molecule has 0 aliphatic rings. The highest BCUT2D eigenvalue weighted by atomic mass is 32.2. The van der Waals surface area contributed by atoms with Gasteiger partial charge in [-0.2, -0.15) is 0 Å². The summed E-state index contributed by atoms with van der Waals surface area (Å²) in [5.74, 6) is -0.315. The van der Waals surface area contributed by atoms with E-state index in [1.54, 1.807) is 32.9 Å². The minimum atomic E-state index is -3.66. The number of anilines is 1. The number of hydrogen-bond donors (Lipinski definition) is 2. The smallest absolute Gasteiger partial charge is 0.248 e. The van der Waals surface area contributed by atoms with Gasteiger partial charge in [0.2, 0.25) is 15.9 Å². The summed E-state index contributed by atoms with van der Waals surface area (Å²) in [6, 6.07) is 15.7. The number of rotatable bonds is 5. The van der Waals surface area contributed by atoms with Crippen molar-refractivity contribution in [1.29, 1.82) is 0 Å². The number of sulfonamides is 1. The SMILES string of the molecule is CC(=CC(=O)Nc1cccc(S(=O)(=O)NC(C)(C)C)c1)c1ccccc1. The highest BCUT2D eigenvalue weighted by Gasteiger charge is 2.22. The Morgan fingerprint density at radius 2 is 1.65 bits per heavy atom. The predicted molar refractivity (Wildman–Crippen MR) is 105 cm³/mol. The molecule has 0 saturated heterocycles. The van der Waals surface area contributed by atoms with Gasteiger partial charge in [-0.25, -0.2) is 13.1 Å². The Kier molecular flexibility index (Phi) is 6.00. The van der Waals surface area contributed by atoms with Crippen LogP contribution in [0.25, 0.3) is 5.57 Å². The first-order chi connectivity index (χ1) is 12.1. The Morgan fingerprint density at radius 3 is 2.27 bits per heavy atom. The zero-order valence-electron chi connectivity index (χ0n) is 15.4. The molecule has 0 spiro atoms. The molecule has 138 valence electrons. The average Bonchev–Trinajstić information content (AvgIpc) is 2.53. The van der Waals surface area contributed by atoms with Crippen LogP contribution in [0.3, 0.4) is 0 Å². The van der Waals surface area contributed by atoms with Gasteiger partial charge in [0.15, 0.2) is 0 Å². The number of carbonyl (C=O) groups is 1. The van der Waals surface area contributed by atoms with Gasteiger partial charge in [0, 0.05) is 17.3 Å². The quantitative estimate of drug-likeness (QED) is 0.784. The molecule has 0 fully saturated rings. The summed E-state index contributed by atoms with van der Waals surface area (Å²) in [5, 5.41) is 2.71. The van der Waals surface area contributed by atoms with Gasteiger partial charge in [-0.1, -0.05) is 36.4 Å². The summed E-state index contributed by atoms with van der Waals surface area (Å²) in [6.45, 7) is 7.16. The van der Waals surface area contributed by atoms with E-state index in [0.29, 0.717) is 5.69 Å². The van der Waals surface area contributed by atoms with Crippen LogP contribution in [0, 0.1) is 0 Å². The molecule has 26 heavy (non-hydrogen) atoms. The van der Waals surface area contributed by atoms with Crippen LogP contribution in [0.2, 0.25) is 0 Å². The van der Waals surface area contributed by atoms with Gasteiger partial charge in [-0.3, -0.25) is 4.79 Å². The molecular weight excluding hydrogens is 348 g/mol. The van der Waals surface area contributed by atoms with Crippen LogP contribution in [0.5, 0.6) is 0 Å². The summed E-state index contributed by atoms with van der Waals surface area (Å²) in [5.41, 5.74) is 1.60. The van der Waals surface area contributed by atoms with Crippen molar-refractivity contribution in [3.8, 4) is 0 Å². The van der Waals surface area contributed by atoms with Crippen LogP contribution in [-0.4, -0.2) is 19.9 Å². The molecule has 2 aromatic rings. The maximum Gasteiger partial charge on any atom is 0.248 e. The van der Waals surface area contributed by atoms with Crippen molar-refractivity contribution in [1.82, 2.24) is 4.72 Å². The third kappa shape index (κ3) is 5.82. The second-order valence-corrected chi connectivity index (χ2v) is 8.75. The lowest BCUT2D eigenvalue weighted by molar-refractivity contribution is -0.111. The second-order valence-electron chi connectivity index (χ2n) is 7.07. The molecule has 0 atom stereocenters. The zero-order chi connectivity index (χ0) is 19.4. The third-order valence-corrected chi connectivity index (χ3v) is 5.18. The first kappa shape index (κ1) is 19.9. The fourth-order valence-corrected chi connectivity index (χ4v) is 3.83. The van der Waals surface area contributed by atoms with E-state index in [1.165, 1.54) is 18.2 Å². The number of allylic oxidation sites excluding steroid dienone is 1. The normalized spacial score (nSPS) is 12.7. The Labute approximate surface area is 155 Å². The van der Waals surface area contributed by atoms with E-state index < -0.39 is 15.6 Å². The summed E-state index contributed by atoms with van der Waals surface area (Å²) < 4.78 is 27.4. The van der Waals surface area contributed by atoms with E-state index >= 15 is 0 Å². The number of nitrogens with one attached hydrogen (secondary N) is 2. The summed E-state index contributed by atoms with van der Waals surface area (Å²) >= 11 is 0. The van der Waals surface area contributed by atoms with Crippen molar-refractivity contribution >= 4 is 27.2 Å². The van der Waals surface area contributed by atoms with Crippen molar-refractivity contribution in [2.75, 3.05) is 5.32 Å². The molecule has 0 aliphatic heterocycles. The Hall–Kier alpha value is -2.44. The predicted octanol–water partition coefficient (Wildman–Crippen LogP) is 3.81. The number of hydrogen-bond acceptors (Lipinski definition) is 3. The molecule has 2 aromatic carbocycles. The topological polar surface area (TPSA) is 75.3 Å². The van der Waals surface area contributed by atoms with E-state index in [2.05, 4.69) is 10.0 Å². The standard InChI is InChI=1S/C20H24N2O3S/c1-15(16-9-6-5-7-10-16)13-19(23)21-17-11-8-12-18(14-17)26(24,25)22-20(2,3)4/h5-14,22H,1-4H3,(H,21,23). The van der Waals surface area contributed by atoms with Gasteiger partial charge in [-0.05, 0) is 57.0 Å². The minimum Gasteiger partial charge on any atom is -0.322 e. The number of benzene rings is 2. The maximum absolute atomic E-state index is 12.4. The van der Waals surface area contributed by atoms with Gasteiger partial charge < -0.3 is 5.32 Å². The first-order valence-electron chi connectivity index (χ1n) is 8.26. The molecule has 0 saturated carbocycles. The molecular formula is C20H24N2O3S. The molecule has 6 heteroatoms. The number of carbonyl (C=O) groups excluding carboxylic acids is 1. The molecule has 0 aliphatic carbocycles. The van der Waals surface area contributed by atoms with Crippen LogP contribution in [0.15, 0.2) is 65.6 Å². The molecule has 0 radical (unpaired) electrons. The van der Waals surface area contributed by atoms with E-state index in [1.807, 2.05) is 37.3 Å². The molecule has 1 amide bonds. The monoisotopic (exact) mass is 372 g/mol. The first-order valence-corrected chi connectivity index (χ1v) is 9.74. The van der Waals surface area contributed by atoms with Gasteiger partial charge in [0.1, 0.15) is 0 Å². The molecule has 0 bridgehead atoms. The molecule has 5 nitrogen and oxygen atoms in total. The largest absolute Gasteiger partial charge is 0.322 e. The molecule has 0 heterocycles. The number of amides is 1. The highest BCUT2D eigenvalue weighted by molar-refractivity contribution is 7.89. The van der Waals surface area contributed by atoms with Gasteiger partial charge in [0.05, 0.1) is 4.90 Å². The van der Waals surface area contributed by atoms with E-state index in [0.717, 1.165) is 11.1 Å². The van der Waals surface area contributed by atoms with Crippen molar-refractivity contribution in [3.05, 3.63) is 66.2 Å². The van der Waals surface area contributed by atoms with E-state index in [9.17, 15) is 13.2 Å². The maximum atomic E-state index is 12.4. The van der Waals surface area contributed by atoms with Crippen LogP contribution < -0.4 is 10.0 Å². The van der Waals surface area contributed by atoms with E-state index in [4.69, 9.17) is 0 Å². The zero-order valence-corrected chi connectivity index (χ0v) is 16.2. The lowest BCUT2D eigenvalue weighted by Crippen LogP contribution is -2.40. The van der Waals surface area contributed by atoms with Gasteiger partial charge in [0.25, 0.3) is 0 Å². The average molecular weight is 372 g/mol. The fraction of sp³-hybridized carbons (Fsp3) is 0.250. The van der Waals surface area contributed by atoms with Crippen molar-refractivity contribution in [2.24, 2.45) is 0 Å². The highest BCUT2D eigenvalue weighted by Crippen LogP contribution is 2.18.